The zero-order valence-electron chi connectivity index (χ0n) is 6.33. The van der Waals surface area contributed by atoms with Gasteiger partial charge in [0.1, 0.15) is 18.2 Å². The van der Waals surface area contributed by atoms with Gasteiger partial charge in [-0.2, -0.15) is 0 Å². The molecule has 0 fully saturated rings. The van der Waals surface area contributed by atoms with E-state index in [2.05, 4.69) is 10.4 Å². The van der Waals surface area contributed by atoms with E-state index < -0.39 is 0 Å². The second-order valence-electron chi connectivity index (χ2n) is 2.55. The first-order chi connectivity index (χ1) is 5.29. The third-order valence-electron chi connectivity index (χ3n) is 1.82. The van der Waals surface area contributed by atoms with Gasteiger partial charge in [-0.3, -0.25) is 4.68 Å². The summed E-state index contributed by atoms with van der Waals surface area (Å²) in [5.41, 5.74) is 10.8. The number of hydrogen-bond acceptors (Lipinski definition) is 3. The van der Waals surface area contributed by atoms with Crippen molar-refractivity contribution in [3.8, 4) is 0 Å². The third kappa shape index (κ3) is 0.790. The van der Waals surface area contributed by atoms with Crippen LogP contribution in [0.2, 0.25) is 0 Å². The molecule has 1 aliphatic heterocycles. The number of amidine groups is 1. The molecule has 1 aromatic rings. The number of nitrogens with two attached hydrogens (primary N) is 1. The van der Waals surface area contributed by atoms with E-state index in [1.165, 1.54) is 0 Å². The van der Waals surface area contributed by atoms with Crippen molar-refractivity contribution in [3.05, 3.63) is 23.5 Å². The van der Waals surface area contributed by atoms with Gasteiger partial charge in [-0.15, -0.1) is 0 Å². The molecule has 2 rings (SSSR count). The van der Waals surface area contributed by atoms with Crippen molar-refractivity contribution >= 4 is 5.84 Å². The van der Waals surface area contributed by atoms with E-state index in [1.807, 2.05) is 23.7 Å². The smallest absolute Gasteiger partial charge is 0.146 e. The van der Waals surface area contributed by atoms with Gasteiger partial charge in [0.25, 0.3) is 0 Å². The Labute approximate surface area is 64.7 Å². The molecule has 4 heteroatoms. The van der Waals surface area contributed by atoms with Crippen LogP contribution in [0.25, 0.3) is 0 Å². The maximum Gasteiger partial charge on any atom is 0.146 e. The zero-order valence-corrected chi connectivity index (χ0v) is 6.33. The summed E-state index contributed by atoms with van der Waals surface area (Å²) >= 11 is 0. The number of nitrogens with one attached hydrogen (secondary N) is 1. The molecule has 3 N–H and O–H groups in total. The van der Waals surface area contributed by atoms with Crippen LogP contribution in [0.3, 0.4) is 0 Å². The van der Waals surface area contributed by atoms with E-state index in [4.69, 9.17) is 5.73 Å². The van der Waals surface area contributed by atoms with Crippen LogP contribution in [0.5, 0.6) is 0 Å². The fourth-order valence-electron chi connectivity index (χ4n) is 1.22. The molecule has 0 saturated carbocycles. The number of nitrogens with zero attached hydrogens (tertiary/aromatic N) is 2. The van der Waals surface area contributed by atoms with E-state index in [0.717, 1.165) is 11.4 Å². The summed E-state index contributed by atoms with van der Waals surface area (Å²) in [6, 6.07) is 3.97. The monoisotopic (exact) mass is 150 g/mol. The number of rotatable bonds is 0. The fraction of sp³-hybridized carbons (Fsp3) is 0.286. The summed E-state index contributed by atoms with van der Waals surface area (Å²) < 4.78 is 1.95. The average Bonchev–Trinajstić information content (AvgIpc) is 2.35. The second-order valence-corrected chi connectivity index (χ2v) is 2.55. The molecule has 0 aromatic carbocycles. The lowest BCUT2D eigenvalue weighted by Gasteiger charge is -2.16. The predicted octanol–water partition coefficient (Wildman–Crippen LogP) is 0.0164. The Balaban J connectivity index is 2.58. The Hall–Kier alpha value is -1.45. The standard InChI is InChI=1S/C7H10N4/c1-5-2-3-6-7(8)9-4-10-11(5)6/h2-3,10H,4H2,1H3,(H2,8,9). The third-order valence-corrected chi connectivity index (χ3v) is 1.82. The summed E-state index contributed by atoms with van der Waals surface area (Å²) in [6.07, 6.45) is 0. The van der Waals surface area contributed by atoms with Crippen molar-refractivity contribution in [2.75, 3.05) is 12.1 Å². The second kappa shape index (κ2) is 2.02. The SMILES string of the molecule is Cc1ccc2n1NCN=C2N. The lowest BCUT2D eigenvalue weighted by molar-refractivity contribution is 0.795. The van der Waals surface area contributed by atoms with Gasteiger partial charge in [-0.1, -0.05) is 0 Å². The number of aromatic nitrogens is 1. The maximum absolute atomic E-state index is 5.65. The minimum Gasteiger partial charge on any atom is -0.382 e. The quantitative estimate of drug-likeness (QED) is 0.547. The minimum absolute atomic E-state index is 0.564. The highest BCUT2D eigenvalue weighted by atomic mass is 15.5. The molecule has 0 amide bonds. The van der Waals surface area contributed by atoms with Gasteiger partial charge >= 0.3 is 0 Å². The molecule has 0 bridgehead atoms. The van der Waals surface area contributed by atoms with Crippen LogP contribution in [0.1, 0.15) is 11.4 Å². The van der Waals surface area contributed by atoms with Crippen LogP contribution in [-0.2, 0) is 0 Å². The first kappa shape index (κ1) is 6.27. The fourth-order valence-corrected chi connectivity index (χ4v) is 1.22. The van der Waals surface area contributed by atoms with Crippen molar-refractivity contribution in [1.82, 2.24) is 4.68 Å². The summed E-state index contributed by atoms with van der Waals surface area (Å²) in [4.78, 5) is 4.05. The van der Waals surface area contributed by atoms with Crippen LogP contribution in [0, 0.1) is 6.92 Å². The Morgan fingerprint density at radius 3 is 3.18 bits per heavy atom. The Bertz CT molecular complexity index is 310. The van der Waals surface area contributed by atoms with Crippen molar-refractivity contribution in [2.24, 2.45) is 10.7 Å². The van der Waals surface area contributed by atoms with E-state index in [9.17, 15) is 0 Å². The van der Waals surface area contributed by atoms with Gasteiger partial charge in [0.15, 0.2) is 0 Å². The normalized spacial score (nSPS) is 15.2. The number of fused-ring (bicyclic) bond motifs is 1. The molecule has 4 nitrogen and oxygen atoms in total. The van der Waals surface area contributed by atoms with Crippen molar-refractivity contribution in [2.45, 2.75) is 6.92 Å². The Kier molecular flexibility index (Phi) is 1.15. The molecule has 1 aliphatic rings. The van der Waals surface area contributed by atoms with Gasteiger partial charge < -0.3 is 11.2 Å². The Morgan fingerprint density at radius 1 is 1.64 bits per heavy atom. The van der Waals surface area contributed by atoms with Crippen LogP contribution in [0.15, 0.2) is 17.1 Å². The highest BCUT2D eigenvalue weighted by Crippen LogP contribution is 2.07. The molecule has 0 unspecified atom stereocenters. The molecule has 58 valence electrons. The van der Waals surface area contributed by atoms with Crippen molar-refractivity contribution < 1.29 is 0 Å². The summed E-state index contributed by atoms with van der Waals surface area (Å²) in [5, 5.41) is 0. The topological polar surface area (TPSA) is 55.3 Å². The van der Waals surface area contributed by atoms with Gasteiger partial charge in [-0.05, 0) is 19.1 Å². The molecule has 0 saturated heterocycles. The summed E-state index contributed by atoms with van der Waals surface area (Å²) in [6.45, 7) is 2.59. The summed E-state index contributed by atoms with van der Waals surface area (Å²) in [7, 11) is 0. The van der Waals surface area contributed by atoms with Gasteiger partial charge in [0.05, 0.1) is 0 Å². The number of aliphatic imine (C=N–C) groups is 1. The molecule has 11 heavy (non-hydrogen) atoms. The number of aryl methyl sites for hydroxylation is 1. The average molecular weight is 150 g/mol. The van der Waals surface area contributed by atoms with E-state index >= 15 is 0 Å². The Morgan fingerprint density at radius 2 is 2.45 bits per heavy atom. The van der Waals surface area contributed by atoms with Gasteiger partial charge in [-0.25, -0.2) is 4.99 Å². The van der Waals surface area contributed by atoms with Crippen LogP contribution >= 0.6 is 0 Å². The van der Waals surface area contributed by atoms with Crippen LogP contribution < -0.4 is 11.2 Å². The first-order valence-corrected chi connectivity index (χ1v) is 3.51. The molecular weight excluding hydrogens is 140 g/mol. The van der Waals surface area contributed by atoms with Crippen molar-refractivity contribution in [1.29, 1.82) is 0 Å². The number of hydrogen-bond donors (Lipinski definition) is 2. The largest absolute Gasteiger partial charge is 0.382 e. The van der Waals surface area contributed by atoms with Gasteiger partial charge in [0.2, 0.25) is 0 Å². The highest BCUT2D eigenvalue weighted by Gasteiger charge is 2.10. The highest BCUT2D eigenvalue weighted by molar-refractivity contribution is 5.96. The zero-order chi connectivity index (χ0) is 7.84. The predicted molar refractivity (Wildman–Crippen MR) is 44.1 cm³/mol. The van der Waals surface area contributed by atoms with E-state index in [0.29, 0.717) is 12.5 Å². The van der Waals surface area contributed by atoms with Crippen LogP contribution in [0.4, 0.5) is 0 Å². The molecule has 1 aromatic heterocycles. The maximum atomic E-state index is 5.65. The van der Waals surface area contributed by atoms with E-state index in [-0.39, 0.29) is 0 Å². The molecule has 2 heterocycles. The van der Waals surface area contributed by atoms with Gasteiger partial charge in [0, 0.05) is 5.69 Å². The minimum atomic E-state index is 0.564. The summed E-state index contributed by atoms with van der Waals surface area (Å²) in [5.74, 6) is 0.608. The molecule has 0 radical (unpaired) electrons. The molecule has 0 aliphatic carbocycles. The van der Waals surface area contributed by atoms with Crippen molar-refractivity contribution in [3.63, 3.8) is 0 Å². The van der Waals surface area contributed by atoms with E-state index in [1.54, 1.807) is 0 Å². The molecule has 0 atom stereocenters. The van der Waals surface area contributed by atoms with Crippen LogP contribution in [-0.4, -0.2) is 17.2 Å². The molecule has 0 spiro atoms. The molecular formula is C7H10N4. The first-order valence-electron chi connectivity index (χ1n) is 3.51. The lowest BCUT2D eigenvalue weighted by Crippen LogP contribution is -2.31. The lowest BCUT2D eigenvalue weighted by atomic mass is 10.4.